The number of aryl methyl sites for hydroxylation is 6. The van der Waals surface area contributed by atoms with Crippen molar-refractivity contribution in [2.75, 3.05) is 0 Å². The lowest BCUT2D eigenvalue weighted by Gasteiger charge is -2.31. The van der Waals surface area contributed by atoms with Crippen LogP contribution < -0.4 is 15.6 Å². The minimum Gasteiger partial charge on any atom is -0.149 e. The number of hydrogen-bond donors (Lipinski definition) is 0. The quantitative estimate of drug-likeness (QED) is 0.350. The molecule has 0 aliphatic rings. The minimum absolute atomic E-state index is 1.26. The van der Waals surface area contributed by atoms with Crippen LogP contribution in [0.3, 0.4) is 0 Å². The Balaban J connectivity index is 2.45. The maximum absolute atomic E-state index is 7.79. The van der Waals surface area contributed by atoms with Crippen molar-refractivity contribution in [2.24, 2.45) is 0 Å². The van der Waals surface area contributed by atoms with Crippen molar-refractivity contribution in [3.05, 3.63) is 88.0 Å². The molecule has 2 heteroatoms. The molecule has 134 valence electrons. The van der Waals surface area contributed by atoms with Crippen molar-refractivity contribution in [3.8, 4) is 0 Å². The lowest BCUT2D eigenvalue weighted by atomic mass is 10.1. The lowest BCUT2D eigenvalue weighted by molar-refractivity contribution is 1.40. The van der Waals surface area contributed by atoms with E-state index in [0.29, 0.717) is 0 Å². The average molecular weight is 379 g/mol. The summed E-state index contributed by atoms with van der Waals surface area (Å²) in [5, 5.41) is 3.92. The first kappa shape index (κ1) is 18.9. The molecule has 0 aromatic heterocycles. The second-order valence-corrected chi connectivity index (χ2v) is 12.2. The summed E-state index contributed by atoms with van der Waals surface area (Å²) in [4.78, 5) is 0. The highest BCUT2D eigenvalue weighted by atomic mass is 35.6. The highest BCUT2D eigenvalue weighted by Crippen LogP contribution is 2.20. The lowest BCUT2D eigenvalue weighted by Crippen LogP contribution is -2.65. The van der Waals surface area contributed by atoms with Crippen LogP contribution in [0, 0.1) is 41.5 Å². The maximum Gasteiger partial charge on any atom is 0.248 e. The fraction of sp³-hybridized carbons (Fsp3) is 0.250. The third kappa shape index (κ3) is 3.26. The molecule has 0 unspecified atom stereocenters. The Bertz CT molecular complexity index is 847. The van der Waals surface area contributed by atoms with E-state index in [9.17, 15) is 0 Å². The van der Waals surface area contributed by atoms with Gasteiger partial charge in [0, 0.05) is 0 Å². The highest BCUT2D eigenvalue weighted by Gasteiger charge is 2.41. The molecule has 0 saturated carbocycles. The Morgan fingerprint density at radius 1 is 0.500 bits per heavy atom. The standard InChI is InChI=1S/C24H27ClSi/c1-16-7-10-19(4)22(13-16)26(25,23-14-17(2)8-11-20(23)5)24-15-18(3)9-12-21(24)6/h7-15H,1-6H3. The average Bonchev–Trinajstić information content (AvgIpc) is 2.60. The number of rotatable bonds is 3. The van der Waals surface area contributed by atoms with Crippen LogP contribution in [0.4, 0.5) is 0 Å². The summed E-state index contributed by atoms with van der Waals surface area (Å²) in [6, 6.07) is 20.1. The van der Waals surface area contributed by atoms with E-state index in [4.69, 9.17) is 11.1 Å². The third-order valence-electron chi connectivity index (χ3n) is 5.29. The molecule has 3 aromatic carbocycles. The van der Waals surface area contributed by atoms with Gasteiger partial charge in [-0.15, -0.1) is 11.1 Å². The van der Waals surface area contributed by atoms with Gasteiger partial charge in [0.25, 0.3) is 0 Å². The zero-order valence-electron chi connectivity index (χ0n) is 16.6. The van der Waals surface area contributed by atoms with Gasteiger partial charge in [0.1, 0.15) is 0 Å². The van der Waals surface area contributed by atoms with E-state index in [1.807, 2.05) is 0 Å². The monoisotopic (exact) mass is 378 g/mol. The Morgan fingerprint density at radius 3 is 1.04 bits per heavy atom. The molecular weight excluding hydrogens is 352 g/mol. The second kappa shape index (κ2) is 7.06. The SMILES string of the molecule is Cc1ccc(C)c([Si](Cl)(c2cc(C)ccc2C)c2cc(C)ccc2C)c1. The van der Waals surface area contributed by atoms with Crippen molar-refractivity contribution in [2.45, 2.75) is 41.5 Å². The van der Waals surface area contributed by atoms with Crippen molar-refractivity contribution >= 4 is 34.0 Å². The van der Waals surface area contributed by atoms with Gasteiger partial charge in [-0.05, 0) is 73.8 Å². The largest absolute Gasteiger partial charge is 0.248 e. The fourth-order valence-electron chi connectivity index (χ4n) is 3.76. The molecule has 26 heavy (non-hydrogen) atoms. The molecule has 0 saturated heterocycles. The smallest absolute Gasteiger partial charge is 0.149 e. The normalized spacial score (nSPS) is 11.7. The molecule has 0 N–H and O–H groups in total. The summed E-state index contributed by atoms with van der Waals surface area (Å²) in [6.45, 7) is 13.0. The highest BCUT2D eigenvalue weighted by molar-refractivity contribution is 7.40. The van der Waals surface area contributed by atoms with Gasteiger partial charge in [-0.2, -0.15) is 0 Å². The molecule has 0 spiro atoms. The summed E-state index contributed by atoms with van der Waals surface area (Å²) in [7, 11) is -2.63. The number of halogens is 1. The zero-order valence-corrected chi connectivity index (χ0v) is 18.3. The molecule has 0 heterocycles. The Labute approximate surface area is 163 Å². The van der Waals surface area contributed by atoms with E-state index < -0.39 is 7.38 Å². The molecule has 0 aliphatic heterocycles. The Morgan fingerprint density at radius 2 is 0.769 bits per heavy atom. The minimum atomic E-state index is -2.63. The zero-order chi connectivity index (χ0) is 19.1. The summed E-state index contributed by atoms with van der Waals surface area (Å²) >= 11 is 7.79. The van der Waals surface area contributed by atoms with Gasteiger partial charge in [0.05, 0.1) is 0 Å². The predicted molar refractivity (Wildman–Crippen MR) is 118 cm³/mol. The van der Waals surface area contributed by atoms with Crippen LogP contribution in [0.25, 0.3) is 0 Å². The van der Waals surface area contributed by atoms with E-state index >= 15 is 0 Å². The van der Waals surface area contributed by atoms with Crippen LogP contribution in [-0.4, -0.2) is 7.38 Å². The second-order valence-electron chi connectivity index (χ2n) is 7.61. The Kier molecular flexibility index (Phi) is 5.14. The van der Waals surface area contributed by atoms with Gasteiger partial charge >= 0.3 is 0 Å². The molecule has 0 aliphatic carbocycles. The molecular formula is C24H27ClSi. The predicted octanol–water partition coefficient (Wildman–Crippen LogP) is 4.74. The van der Waals surface area contributed by atoms with Gasteiger partial charge < -0.3 is 0 Å². The van der Waals surface area contributed by atoms with E-state index in [2.05, 4.69) is 96.1 Å². The van der Waals surface area contributed by atoms with Crippen LogP contribution in [0.2, 0.25) is 0 Å². The summed E-state index contributed by atoms with van der Waals surface area (Å²) in [5.74, 6) is 0. The molecule has 0 fully saturated rings. The van der Waals surface area contributed by atoms with Crippen molar-refractivity contribution in [1.82, 2.24) is 0 Å². The van der Waals surface area contributed by atoms with Crippen LogP contribution in [0.1, 0.15) is 33.4 Å². The molecule has 0 bridgehead atoms. The first-order valence-corrected chi connectivity index (χ1v) is 12.2. The van der Waals surface area contributed by atoms with Gasteiger partial charge in [0.2, 0.25) is 7.38 Å². The van der Waals surface area contributed by atoms with E-state index in [1.165, 1.54) is 48.9 Å². The van der Waals surface area contributed by atoms with Crippen LogP contribution >= 0.6 is 11.1 Å². The molecule has 0 atom stereocenters. The summed E-state index contributed by atoms with van der Waals surface area (Å²) in [6.07, 6.45) is 0. The molecule has 3 rings (SSSR count). The first-order chi connectivity index (χ1) is 12.2. The molecule has 0 nitrogen and oxygen atoms in total. The molecule has 0 radical (unpaired) electrons. The summed E-state index contributed by atoms with van der Waals surface area (Å²) < 4.78 is 0. The van der Waals surface area contributed by atoms with Crippen LogP contribution in [0.15, 0.2) is 54.6 Å². The first-order valence-electron chi connectivity index (χ1n) is 9.15. The van der Waals surface area contributed by atoms with Crippen molar-refractivity contribution < 1.29 is 0 Å². The maximum atomic E-state index is 7.79. The van der Waals surface area contributed by atoms with Gasteiger partial charge in [-0.25, -0.2) is 0 Å². The fourth-order valence-corrected chi connectivity index (χ4v) is 9.62. The van der Waals surface area contributed by atoms with Gasteiger partial charge in [-0.1, -0.05) is 71.3 Å². The van der Waals surface area contributed by atoms with E-state index in [0.717, 1.165) is 0 Å². The number of hydrogen-bond acceptors (Lipinski definition) is 0. The Hall–Kier alpha value is -1.83. The van der Waals surface area contributed by atoms with Gasteiger partial charge in [0.15, 0.2) is 0 Å². The number of benzene rings is 3. The van der Waals surface area contributed by atoms with E-state index in [1.54, 1.807) is 0 Å². The third-order valence-corrected chi connectivity index (χ3v) is 11.0. The van der Waals surface area contributed by atoms with E-state index in [-0.39, 0.29) is 0 Å². The van der Waals surface area contributed by atoms with Crippen molar-refractivity contribution in [3.63, 3.8) is 0 Å². The summed E-state index contributed by atoms with van der Waals surface area (Å²) in [5.41, 5.74) is 7.62. The topological polar surface area (TPSA) is 0 Å². The molecule has 3 aromatic rings. The van der Waals surface area contributed by atoms with Crippen LogP contribution in [-0.2, 0) is 0 Å². The van der Waals surface area contributed by atoms with Gasteiger partial charge in [-0.3, -0.25) is 0 Å². The van der Waals surface area contributed by atoms with Crippen molar-refractivity contribution in [1.29, 1.82) is 0 Å². The molecule has 0 amide bonds. The van der Waals surface area contributed by atoms with Crippen LogP contribution in [0.5, 0.6) is 0 Å².